The first-order valence-electron chi connectivity index (χ1n) is 6.55. The van der Waals surface area contributed by atoms with Crippen LogP contribution in [0.25, 0.3) is 0 Å². The Morgan fingerprint density at radius 2 is 1.84 bits per heavy atom. The van der Waals surface area contributed by atoms with E-state index in [-0.39, 0.29) is 0 Å². The number of rotatable bonds is 5. The van der Waals surface area contributed by atoms with Crippen LogP contribution in [-0.2, 0) is 13.0 Å². The van der Waals surface area contributed by atoms with Crippen molar-refractivity contribution < 1.29 is 0 Å². The van der Waals surface area contributed by atoms with Crippen LogP contribution in [0.2, 0.25) is 5.02 Å². The zero-order chi connectivity index (χ0) is 13.7. The number of nitrogens with one attached hydrogen (secondary N) is 1. The van der Waals surface area contributed by atoms with E-state index in [1.807, 2.05) is 24.5 Å². The van der Waals surface area contributed by atoms with Gasteiger partial charge in [-0.1, -0.05) is 37.6 Å². The highest BCUT2D eigenvalue weighted by Crippen LogP contribution is 2.20. The molecule has 19 heavy (non-hydrogen) atoms. The predicted molar refractivity (Wildman–Crippen MR) is 80.5 cm³/mol. The third-order valence-electron chi connectivity index (χ3n) is 2.98. The van der Waals surface area contributed by atoms with Crippen molar-refractivity contribution in [2.24, 2.45) is 0 Å². The van der Waals surface area contributed by atoms with E-state index < -0.39 is 0 Å². The van der Waals surface area contributed by atoms with E-state index in [0.717, 1.165) is 23.6 Å². The van der Waals surface area contributed by atoms with Gasteiger partial charge in [0, 0.05) is 30.0 Å². The van der Waals surface area contributed by atoms with Crippen LogP contribution >= 0.6 is 11.6 Å². The molecule has 2 aromatic rings. The fourth-order valence-corrected chi connectivity index (χ4v) is 2.16. The number of aromatic nitrogens is 1. The first-order chi connectivity index (χ1) is 9.15. The van der Waals surface area contributed by atoms with Crippen molar-refractivity contribution >= 4 is 11.6 Å². The Bertz CT molecular complexity index is 524. The van der Waals surface area contributed by atoms with Crippen molar-refractivity contribution in [2.75, 3.05) is 0 Å². The van der Waals surface area contributed by atoms with Crippen LogP contribution in [0.3, 0.4) is 0 Å². The average molecular weight is 275 g/mol. The van der Waals surface area contributed by atoms with Gasteiger partial charge in [0.05, 0.1) is 0 Å². The minimum Gasteiger partial charge on any atom is -0.310 e. The summed E-state index contributed by atoms with van der Waals surface area (Å²) in [7, 11) is 0. The smallest absolute Gasteiger partial charge is 0.0453 e. The summed E-state index contributed by atoms with van der Waals surface area (Å²) in [5.74, 6) is 0. The Balaban J connectivity index is 2.06. The largest absolute Gasteiger partial charge is 0.310 e. The van der Waals surface area contributed by atoms with Gasteiger partial charge in [0.25, 0.3) is 0 Å². The third-order valence-corrected chi connectivity index (χ3v) is 3.33. The Labute approximate surface area is 119 Å². The molecule has 2 rings (SSSR count). The molecule has 1 heterocycles. The second kappa shape index (κ2) is 6.69. The van der Waals surface area contributed by atoms with Gasteiger partial charge in [-0.25, -0.2) is 0 Å². The maximum atomic E-state index is 6.33. The minimum absolute atomic E-state index is 0.465. The molecule has 100 valence electrons. The van der Waals surface area contributed by atoms with Crippen molar-refractivity contribution in [1.29, 1.82) is 0 Å². The van der Waals surface area contributed by atoms with Gasteiger partial charge < -0.3 is 5.32 Å². The number of pyridine rings is 1. The lowest BCUT2D eigenvalue weighted by molar-refractivity contribution is 0.589. The van der Waals surface area contributed by atoms with Gasteiger partial charge in [0.15, 0.2) is 0 Å². The van der Waals surface area contributed by atoms with Gasteiger partial charge in [-0.05, 0) is 41.3 Å². The third kappa shape index (κ3) is 4.34. The molecule has 0 atom stereocenters. The molecular weight excluding hydrogens is 256 g/mol. The van der Waals surface area contributed by atoms with Crippen LogP contribution in [-0.4, -0.2) is 11.0 Å². The van der Waals surface area contributed by atoms with E-state index in [2.05, 4.69) is 42.3 Å². The van der Waals surface area contributed by atoms with Crippen LogP contribution in [0, 0.1) is 0 Å². The Morgan fingerprint density at radius 1 is 1.11 bits per heavy atom. The van der Waals surface area contributed by atoms with Gasteiger partial charge in [-0.2, -0.15) is 0 Å². The van der Waals surface area contributed by atoms with Gasteiger partial charge in [0.2, 0.25) is 0 Å². The molecule has 0 aliphatic rings. The minimum atomic E-state index is 0.465. The molecule has 0 aliphatic carbocycles. The second-order valence-electron chi connectivity index (χ2n) is 4.99. The maximum Gasteiger partial charge on any atom is 0.0453 e. The standard InChI is InChI=1S/C16H19ClN2/c1-12(2)19-11-15-4-3-14(10-16(15)17)9-13-5-7-18-8-6-13/h3-8,10,12,19H,9,11H2,1-2H3. The Morgan fingerprint density at radius 3 is 2.47 bits per heavy atom. The number of benzene rings is 1. The van der Waals surface area contributed by atoms with Crippen LogP contribution in [0.5, 0.6) is 0 Å². The molecule has 0 saturated heterocycles. The molecule has 0 saturated carbocycles. The van der Waals surface area contributed by atoms with Crippen LogP contribution in [0.15, 0.2) is 42.7 Å². The number of nitrogens with zero attached hydrogens (tertiary/aromatic N) is 1. The molecule has 1 N–H and O–H groups in total. The van der Waals surface area contributed by atoms with Crippen molar-refractivity contribution in [2.45, 2.75) is 32.9 Å². The predicted octanol–water partition coefficient (Wildman–Crippen LogP) is 3.82. The number of hydrogen-bond acceptors (Lipinski definition) is 2. The van der Waals surface area contributed by atoms with Crippen molar-refractivity contribution in [1.82, 2.24) is 10.3 Å². The molecule has 1 aromatic heterocycles. The lowest BCUT2D eigenvalue weighted by atomic mass is 10.0. The van der Waals surface area contributed by atoms with E-state index in [9.17, 15) is 0 Å². The molecule has 0 radical (unpaired) electrons. The van der Waals surface area contributed by atoms with Crippen LogP contribution in [0.1, 0.15) is 30.5 Å². The highest BCUT2D eigenvalue weighted by molar-refractivity contribution is 6.31. The SMILES string of the molecule is CC(C)NCc1ccc(Cc2ccncc2)cc1Cl. The summed E-state index contributed by atoms with van der Waals surface area (Å²) in [5.41, 5.74) is 3.62. The molecule has 0 fully saturated rings. The maximum absolute atomic E-state index is 6.33. The van der Waals surface area contributed by atoms with Crippen molar-refractivity contribution in [3.05, 3.63) is 64.4 Å². The number of hydrogen-bond donors (Lipinski definition) is 1. The van der Waals surface area contributed by atoms with E-state index >= 15 is 0 Å². The molecule has 3 heteroatoms. The van der Waals surface area contributed by atoms with E-state index in [4.69, 9.17) is 11.6 Å². The summed E-state index contributed by atoms with van der Waals surface area (Å²) in [6.07, 6.45) is 4.52. The summed E-state index contributed by atoms with van der Waals surface area (Å²) >= 11 is 6.33. The van der Waals surface area contributed by atoms with Crippen molar-refractivity contribution in [3.8, 4) is 0 Å². The fraction of sp³-hybridized carbons (Fsp3) is 0.312. The molecular formula is C16H19ClN2. The van der Waals surface area contributed by atoms with E-state index in [1.54, 1.807) is 0 Å². The quantitative estimate of drug-likeness (QED) is 0.896. The monoisotopic (exact) mass is 274 g/mol. The van der Waals surface area contributed by atoms with E-state index in [0.29, 0.717) is 6.04 Å². The molecule has 0 amide bonds. The summed E-state index contributed by atoms with van der Waals surface area (Å²) in [5, 5.41) is 4.21. The Kier molecular flexibility index (Phi) is 4.94. The zero-order valence-electron chi connectivity index (χ0n) is 11.4. The normalized spacial score (nSPS) is 10.9. The Hall–Kier alpha value is -1.38. The molecule has 0 spiro atoms. The molecule has 2 nitrogen and oxygen atoms in total. The molecule has 0 aliphatic heterocycles. The van der Waals surface area contributed by atoms with Crippen LogP contribution < -0.4 is 5.32 Å². The summed E-state index contributed by atoms with van der Waals surface area (Å²) in [6, 6.07) is 10.8. The van der Waals surface area contributed by atoms with Crippen molar-refractivity contribution in [3.63, 3.8) is 0 Å². The summed E-state index contributed by atoms with van der Waals surface area (Å²) in [4.78, 5) is 4.03. The highest BCUT2D eigenvalue weighted by atomic mass is 35.5. The fourth-order valence-electron chi connectivity index (χ4n) is 1.89. The van der Waals surface area contributed by atoms with Gasteiger partial charge in [0.1, 0.15) is 0 Å². The zero-order valence-corrected chi connectivity index (χ0v) is 12.1. The number of halogens is 1. The molecule has 1 aromatic carbocycles. The summed E-state index contributed by atoms with van der Waals surface area (Å²) in [6.45, 7) is 5.07. The first-order valence-corrected chi connectivity index (χ1v) is 6.92. The highest BCUT2D eigenvalue weighted by Gasteiger charge is 2.03. The van der Waals surface area contributed by atoms with Gasteiger partial charge >= 0.3 is 0 Å². The second-order valence-corrected chi connectivity index (χ2v) is 5.40. The molecule has 0 unspecified atom stereocenters. The summed E-state index contributed by atoms with van der Waals surface area (Å²) < 4.78 is 0. The first kappa shape index (κ1) is 14.0. The van der Waals surface area contributed by atoms with Gasteiger partial charge in [-0.3, -0.25) is 4.98 Å². The topological polar surface area (TPSA) is 24.9 Å². The van der Waals surface area contributed by atoms with Gasteiger partial charge in [-0.15, -0.1) is 0 Å². The average Bonchev–Trinajstić information content (AvgIpc) is 2.39. The molecule has 0 bridgehead atoms. The van der Waals surface area contributed by atoms with E-state index in [1.165, 1.54) is 11.1 Å². The lowest BCUT2D eigenvalue weighted by Crippen LogP contribution is -2.21. The van der Waals surface area contributed by atoms with Crippen LogP contribution in [0.4, 0.5) is 0 Å². The lowest BCUT2D eigenvalue weighted by Gasteiger charge is -2.11.